The Morgan fingerprint density at radius 1 is 1.11 bits per heavy atom. The van der Waals surface area contributed by atoms with Gasteiger partial charge >= 0.3 is 12.1 Å². The zero-order valence-corrected chi connectivity index (χ0v) is 23.9. The number of nitrogens with zero attached hydrogens (tertiary/aromatic N) is 3. The molecule has 14 heteroatoms. The third-order valence-electron chi connectivity index (χ3n) is 7.67. The van der Waals surface area contributed by atoms with E-state index >= 15 is 4.39 Å². The molecule has 1 saturated heterocycles. The average molecular weight is 616 g/mol. The first kappa shape index (κ1) is 30.6. The Labute approximate surface area is 249 Å². The SMILES string of the molecule is COC(=O)C(C)(C)OC(=O)OCOc1c2n(ncc1=O)[C@@H](C(c1cccc(F)c1)c1cccc(F)c1F)[C@H]1CCCN1C2=O. The van der Waals surface area contributed by atoms with Crippen molar-refractivity contribution in [3.63, 3.8) is 0 Å². The molecule has 44 heavy (non-hydrogen) atoms. The molecule has 1 amide bonds. The first-order valence-electron chi connectivity index (χ1n) is 13.6. The summed E-state index contributed by atoms with van der Waals surface area (Å²) in [6, 6.07) is 7.54. The minimum atomic E-state index is -1.69. The highest BCUT2D eigenvalue weighted by Crippen LogP contribution is 2.46. The molecule has 0 spiro atoms. The van der Waals surface area contributed by atoms with Crippen LogP contribution in [0, 0.1) is 17.5 Å². The second-order valence-electron chi connectivity index (χ2n) is 10.8. The van der Waals surface area contributed by atoms with E-state index in [-0.39, 0.29) is 23.4 Å². The summed E-state index contributed by atoms with van der Waals surface area (Å²) >= 11 is 0. The van der Waals surface area contributed by atoms with Gasteiger partial charge in [-0.05, 0) is 50.5 Å². The van der Waals surface area contributed by atoms with Gasteiger partial charge in [-0.15, -0.1) is 0 Å². The number of carbonyl (C=O) groups is 3. The Bertz CT molecular complexity index is 1680. The van der Waals surface area contributed by atoms with Gasteiger partial charge in [0.05, 0.1) is 25.4 Å². The van der Waals surface area contributed by atoms with Gasteiger partial charge in [0.15, 0.2) is 17.3 Å². The highest BCUT2D eigenvalue weighted by atomic mass is 19.2. The summed E-state index contributed by atoms with van der Waals surface area (Å²) < 4.78 is 65.6. The van der Waals surface area contributed by atoms with Gasteiger partial charge in [0.2, 0.25) is 23.6 Å². The molecular weight excluding hydrogens is 587 g/mol. The van der Waals surface area contributed by atoms with E-state index in [4.69, 9.17) is 14.2 Å². The summed E-state index contributed by atoms with van der Waals surface area (Å²) in [5.41, 5.74) is -2.64. The van der Waals surface area contributed by atoms with Crippen molar-refractivity contribution in [2.75, 3.05) is 20.4 Å². The predicted molar refractivity (Wildman–Crippen MR) is 145 cm³/mol. The maximum absolute atomic E-state index is 15.4. The zero-order valence-electron chi connectivity index (χ0n) is 23.9. The summed E-state index contributed by atoms with van der Waals surface area (Å²) in [5, 5.41) is 4.22. The number of fused-ring (bicyclic) bond motifs is 2. The number of halogens is 3. The Kier molecular flexibility index (Phi) is 8.35. The summed E-state index contributed by atoms with van der Waals surface area (Å²) in [6.45, 7) is 1.94. The van der Waals surface area contributed by atoms with Crippen LogP contribution in [0.3, 0.4) is 0 Å². The van der Waals surface area contributed by atoms with Crippen LogP contribution in [0.15, 0.2) is 53.5 Å². The molecule has 1 fully saturated rings. The maximum atomic E-state index is 15.4. The summed E-state index contributed by atoms with van der Waals surface area (Å²) in [7, 11) is 1.11. The van der Waals surface area contributed by atoms with Crippen LogP contribution in [0.5, 0.6) is 5.75 Å². The van der Waals surface area contributed by atoms with Crippen molar-refractivity contribution in [2.45, 2.75) is 50.3 Å². The Morgan fingerprint density at radius 2 is 1.86 bits per heavy atom. The monoisotopic (exact) mass is 615 g/mol. The minimum Gasteiger partial charge on any atom is -0.466 e. The number of aromatic nitrogens is 2. The average Bonchev–Trinajstić information content (AvgIpc) is 3.47. The number of ether oxygens (including phenoxy) is 4. The Hall–Kier alpha value is -4.88. The third-order valence-corrected chi connectivity index (χ3v) is 7.67. The number of benzene rings is 2. The van der Waals surface area contributed by atoms with E-state index < -0.39 is 77.1 Å². The van der Waals surface area contributed by atoms with Gasteiger partial charge in [0.25, 0.3) is 5.91 Å². The van der Waals surface area contributed by atoms with Crippen molar-refractivity contribution in [3.05, 3.63) is 93.2 Å². The van der Waals surface area contributed by atoms with Gasteiger partial charge in [0, 0.05) is 18.0 Å². The molecule has 2 aromatic carbocycles. The molecule has 3 heterocycles. The third kappa shape index (κ3) is 5.58. The van der Waals surface area contributed by atoms with E-state index in [1.807, 2.05) is 0 Å². The van der Waals surface area contributed by atoms with E-state index in [1.54, 1.807) is 6.07 Å². The molecule has 2 aliphatic heterocycles. The number of amides is 1. The predicted octanol–water partition coefficient (Wildman–Crippen LogP) is 4.09. The lowest BCUT2D eigenvalue weighted by Crippen LogP contribution is -2.51. The number of hydrogen-bond acceptors (Lipinski definition) is 9. The molecule has 0 N–H and O–H groups in total. The van der Waals surface area contributed by atoms with Gasteiger partial charge < -0.3 is 23.8 Å². The van der Waals surface area contributed by atoms with Gasteiger partial charge in [0.1, 0.15) is 5.82 Å². The first-order chi connectivity index (χ1) is 20.9. The van der Waals surface area contributed by atoms with Crippen LogP contribution in [-0.2, 0) is 19.0 Å². The highest BCUT2D eigenvalue weighted by molar-refractivity contribution is 5.96. The fraction of sp³-hybridized carbons (Fsp3) is 0.367. The fourth-order valence-corrected chi connectivity index (χ4v) is 5.76. The van der Waals surface area contributed by atoms with Crippen molar-refractivity contribution >= 4 is 18.0 Å². The summed E-state index contributed by atoms with van der Waals surface area (Å²) in [6.07, 6.45) is 0.592. The van der Waals surface area contributed by atoms with E-state index in [0.29, 0.717) is 12.8 Å². The second kappa shape index (κ2) is 12.0. The van der Waals surface area contributed by atoms with Crippen molar-refractivity contribution in [1.29, 1.82) is 0 Å². The van der Waals surface area contributed by atoms with Crippen molar-refractivity contribution < 1.29 is 46.5 Å². The van der Waals surface area contributed by atoms with Gasteiger partial charge in [-0.25, -0.2) is 22.8 Å². The van der Waals surface area contributed by atoms with Crippen molar-refractivity contribution in [3.8, 4) is 5.75 Å². The normalized spacial score (nSPS) is 18.2. The highest BCUT2D eigenvalue weighted by Gasteiger charge is 2.49. The Morgan fingerprint density at radius 3 is 2.59 bits per heavy atom. The lowest BCUT2D eigenvalue weighted by Gasteiger charge is -2.42. The summed E-state index contributed by atoms with van der Waals surface area (Å²) in [5.74, 6) is -5.92. The molecule has 5 rings (SSSR count). The Balaban J connectivity index is 1.57. The van der Waals surface area contributed by atoms with Crippen LogP contribution in [-0.4, -0.2) is 64.8 Å². The van der Waals surface area contributed by atoms with Crippen molar-refractivity contribution in [1.82, 2.24) is 14.7 Å². The fourth-order valence-electron chi connectivity index (χ4n) is 5.76. The summed E-state index contributed by atoms with van der Waals surface area (Å²) in [4.78, 5) is 52.2. The molecule has 3 atom stereocenters. The van der Waals surface area contributed by atoms with E-state index in [2.05, 4.69) is 9.84 Å². The number of carbonyl (C=O) groups excluding carboxylic acids is 3. The molecule has 1 aromatic heterocycles. The first-order valence-corrected chi connectivity index (χ1v) is 13.6. The molecule has 0 bridgehead atoms. The smallest absolute Gasteiger partial charge is 0.466 e. The van der Waals surface area contributed by atoms with Crippen LogP contribution in [0.1, 0.15) is 60.3 Å². The van der Waals surface area contributed by atoms with Gasteiger partial charge in [-0.2, -0.15) is 5.10 Å². The molecule has 232 valence electrons. The molecule has 0 saturated carbocycles. The van der Waals surface area contributed by atoms with Crippen LogP contribution < -0.4 is 10.2 Å². The number of hydrogen-bond donors (Lipinski definition) is 0. The van der Waals surface area contributed by atoms with Gasteiger partial charge in [-0.3, -0.25) is 14.3 Å². The van der Waals surface area contributed by atoms with Crippen LogP contribution >= 0.6 is 0 Å². The largest absolute Gasteiger partial charge is 0.512 e. The topological polar surface area (TPSA) is 126 Å². The number of methoxy groups -OCH3 is 1. The van der Waals surface area contributed by atoms with E-state index in [1.165, 1.54) is 53.8 Å². The second-order valence-corrected chi connectivity index (χ2v) is 10.8. The molecule has 0 radical (unpaired) electrons. The lowest BCUT2D eigenvalue weighted by molar-refractivity contribution is -0.161. The molecular formula is C30H28F3N3O8. The molecule has 1 unspecified atom stereocenters. The van der Waals surface area contributed by atoms with E-state index in [0.717, 1.165) is 19.4 Å². The van der Waals surface area contributed by atoms with Crippen LogP contribution in [0.2, 0.25) is 0 Å². The number of esters is 1. The van der Waals surface area contributed by atoms with Crippen LogP contribution in [0.4, 0.5) is 18.0 Å². The molecule has 0 aliphatic carbocycles. The van der Waals surface area contributed by atoms with Gasteiger partial charge in [-0.1, -0.05) is 24.3 Å². The van der Waals surface area contributed by atoms with E-state index in [9.17, 15) is 28.0 Å². The minimum absolute atomic E-state index is 0.102. The molecule has 11 nitrogen and oxygen atoms in total. The zero-order chi connectivity index (χ0) is 31.8. The molecule has 3 aromatic rings. The maximum Gasteiger partial charge on any atom is 0.512 e. The quantitative estimate of drug-likeness (QED) is 0.272. The van der Waals surface area contributed by atoms with Crippen molar-refractivity contribution in [2.24, 2.45) is 0 Å². The number of rotatable bonds is 8. The standard InChI is InChI=1S/C30H28F3N3O8/c1-30(2,28(39)41-3)44-29(40)43-15-42-26-21(37)14-34-36-24(20-11-6-12-35(20)27(38)25(26)36)22(16-7-4-8-17(31)13-16)18-9-5-10-19(32)23(18)33/h4-5,7-10,13-14,20,22,24H,6,11-12,15H2,1-3H3/t20-,22?,24-/m1/s1. The van der Waals surface area contributed by atoms with Crippen LogP contribution in [0.25, 0.3) is 0 Å². The lowest BCUT2D eigenvalue weighted by atomic mass is 9.79. The molecule has 2 aliphatic rings.